The molecule has 23 heavy (non-hydrogen) atoms. The van der Waals surface area contributed by atoms with Gasteiger partial charge in [0, 0.05) is 43.9 Å². The van der Waals surface area contributed by atoms with E-state index in [0.717, 1.165) is 17.4 Å². The smallest absolute Gasteiger partial charge is 0.191 e. The van der Waals surface area contributed by atoms with Crippen LogP contribution in [0.25, 0.3) is 0 Å². The van der Waals surface area contributed by atoms with Crippen molar-refractivity contribution >= 4 is 45.9 Å². The van der Waals surface area contributed by atoms with Gasteiger partial charge >= 0.3 is 0 Å². The molecule has 2 N–H and O–H groups in total. The zero-order valence-corrected chi connectivity index (χ0v) is 17.3. The minimum Gasteiger partial charge on any atom is -0.382 e. The Morgan fingerprint density at radius 3 is 2.70 bits per heavy atom. The lowest BCUT2D eigenvalue weighted by Crippen LogP contribution is -2.37. The van der Waals surface area contributed by atoms with Crippen molar-refractivity contribution < 1.29 is 13.9 Å². The van der Waals surface area contributed by atoms with Gasteiger partial charge in [0.1, 0.15) is 5.82 Å². The number of hydrogen-bond donors (Lipinski definition) is 2. The molecule has 0 spiro atoms. The molecular formula is C15H24BrFIN3O2. The molecule has 0 unspecified atom stereocenters. The zero-order valence-electron chi connectivity index (χ0n) is 13.4. The molecule has 132 valence electrons. The molecule has 1 rings (SSSR count). The van der Waals surface area contributed by atoms with E-state index in [9.17, 15) is 4.39 Å². The fourth-order valence-corrected chi connectivity index (χ4v) is 2.02. The van der Waals surface area contributed by atoms with Crippen LogP contribution >= 0.6 is 39.9 Å². The average molecular weight is 504 g/mol. The van der Waals surface area contributed by atoms with Gasteiger partial charge in [0.25, 0.3) is 0 Å². The van der Waals surface area contributed by atoms with Crippen LogP contribution in [-0.2, 0) is 16.0 Å². The van der Waals surface area contributed by atoms with Crippen molar-refractivity contribution in [2.75, 3.05) is 40.5 Å². The monoisotopic (exact) mass is 503 g/mol. The Kier molecular flexibility index (Phi) is 13.7. The second-order valence-corrected chi connectivity index (χ2v) is 5.46. The molecule has 0 aliphatic carbocycles. The van der Waals surface area contributed by atoms with Crippen LogP contribution in [0.5, 0.6) is 0 Å². The lowest BCUT2D eigenvalue weighted by molar-refractivity contribution is 0.0698. The van der Waals surface area contributed by atoms with Crippen LogP contribution in [0.4, 0.5) is 4.39 Å². The third-order valence-electron chi connectivity index (χ3n) is 2.87. The van der Waals surface area contributed by atoms with Crippen molar-refractivity contribution in [3.63, 3.8) is 0 Å². The Bertz CT molecular complexity index is 478. The number of ether oxygens (including phenoxy) is 2. The summed E-state index contributed by atoms with van der Waals surface area (Å²) in [6.07, 6.45) is 0.858. The standard InChI is InChI=1S/C15H23BrFN3O2.HI/c1-18-15(19-6-3-7-22-9-8-21-2)20-11-12-4-5-13(16)10-14(12)17;/h4-5,10H,3,6-9,11H2,1-2H3,(H2,18,19,20);1H. The molecule has 0 aliphatic rings. The molecule has 0 bridgehead atoms. The molecule has 0 aromatic heterocycles. The Morgan fingerprint density at radius 1 is 1.26 bits per heavy atom. The molecule has 1 aromatic carbocycles. The Hall–Kier alpha value is -0.450. The van der Waals surface area contributed by atoms with E-state index in [1.807, 2.05) is 6.07 Å². The summed E-state index contributed by atoms with van der Waals surface area (Å²) in [5, 5.41) is 6.24. The molecule has 1 aromatic rings. The molecule has 0 fully saturated rings. The van der Waals surface area contributed by atoms with Gasteiger partial charge in [-0.15, -0.1) is 24.0 Å². The van der Waals surface area contributed by atoms with Gasteiger partial charge in [-0.25, -0.2) is 4.39 Å². The minimum absolute atomic E-state index is 0. The first-order valence-corrected chi connectivity index (χ1v) is 7.91. The molecule has 0 aliphatic heterocycles. The number of nitrogens with zero attached hydrogens (tertiary/aromatic N) is 1. The van der Waals surface area contributed by atoms with Gasteiger partial charge in [-0.3, -0.25) is 4.99 Å². The quantitative estimate of drug-likeness (QED) is 0.235. The predicted octanol–water partition coefficient (Wildman–Crippen LogP) is 2.92. The molecule has 5 nitrogen and oxygen atoms in total. The Balaban J connectivity index is 0.00000484. The Labute approximate surface area is 162 Å². The van der Waals surface area contributed by atoms with Gasteiger partial charge in [0.2, 0.25) is 0 Å². The highest BCUT2D eigenvalue weighted by Gasteiger charge is 2.04. The van der Waals surface area contributed by atoms with Crippen LogP contribution in [-0.4, -0.2) is 46.5 Å². The molecule has 0 amide bonds. The number of benzene rings is 1. The van der Waals surface area contributed by atoms with E-state index in [4.69, 9.17) is 9.47 Å². The van der Waals surface area contributed by atoms with E-state index in [0.29, 0.717) is 37.9 Å². The number of rotatable bonds is 9. The molecular weight excluding hydrogens is 480 g/mol. The van der Waals surface area contributed by atoms with Gasteiger partial charge < -0.3 is 20.1 Å². The lowest BCUT2D eigenvalue weighted by Gasteiger charge is -2.12. The van der Waals surface area contributed by atoms with Crippen LogP contribution in [0.2, 0.25) is 0 Å². The molecule has 0 atom stereocenters. The van der Waals surface area contributed by atoms with Crippen LogP contribution < -0.4 is 10.6 Å². The van der Waals surface area contributed by atoms with E-state index in [2.05, 4.69) is 31.6 Å². The fourth-order valence-electron chi connectivity index (χ4n) is 1.69. The molecule has 8 heteroatoms. The summed E-state index contributed by atoms with van der Waals surface area (Å²) >= 11 is 3.24. The lowest BCUT2D eigenvalue weighted by atomic mass is 10.2. The van der Waals surface area contributed by atoms with Crippen molar-refractivity contribution in [1.82, 2.24) is 10.6 Å². The van der Waals surface area contributed by atoms with Gasteiger partial charge in [0.15, 0.2) is 5.96 Å². The minimum atomic E-state index is -0.246. The normalized spacial score (nSPS) is 11.0. The first kappa shape index (κ1) is 22.6. The van der Waals surface area contributed by atoms with E-state index >= 15 is 0 Å². The van der Waals surface area contributed by atoms with Crippen molar-refractivity contribution in [1.29, 1.82) is 0 Å². The third-order valence-corrected chi connectivity index (χ3v) is 3.37. The number of halogens is 3. The topological polar surface area (TPSA) is 54.9 Å². The van der Waals surface area contributed by atoms with E-state index < -0.39 is 0 Å². The summed E-state index contributed by atoms with van der Waals surface area (Å²) in [7, 11) is 3.33. The predicted molar refractivity (Wildman–Crippen MR) is 105 cm³/mol. The summed E-state index contributed by atoms with van der Waals surface area (Å²) in [4.78, 5) is 4.10. The highest BCUT2D eigenvalue weighted by Crippen LogP contribution is 2.14. The molecule has 0 saturated heterocycles. The second-order valence-electron chi connectivity index (χ2n) is 4.55. The summed E-state index contributed by atoms with van der Waals surface area (Å²) in [5.74, 6) is 0.392. The molecule has 0 saturated carbocycles. The molecule has 0 radical (unpaired) electrons. The fraction of sp³-hybridized carbons (Fsp3) is 0.533. The van der Waals surface area contributed by atoms with Crippen molar-refractivity contribution in [3.05, 3.63) is 34.1 Å². The molecule has 0 heterocycles. The maximum atomic E-state index is 13.7. The van der Waals surface area contributed by atoms with Gasteiger partial charge in [-0.05, 0) is 18.6 Å². The number of aliphatic imine (C=N–C) groups is 1. The Morgan fingerprint density at radius 2 is 2.04 bits per heavy atom. The SMILES string of the molecule is CN=C(NCCCOCCOC)NCc1ccc(Br)cc1F.I. The summed E-state index contributed by atoms with van der Waals surface area (Å²) < 4.78 is 24.7. The van der Waals surface area contributed by atoms with Crippen LogP contribution in [0.1, 0.15) is 12.0 Å². The summed E-state index contributed by atoms with van der Waals surface area (Å²) in [6, 6.07) is 5.00. The van der Waals surface area contributed by atoms with Crippen LogP contribution in [0.15, 0.2) is 27.7 Å². The van der Waals surface area contributed by atoms with E-state index in [1.165, 1.54) is 6.07 Å². The first-order valence-electron chi connectivity index (χ1n) is 7.12. The highest BCUT2D eigenvalue weighted by atomic mass is 127. The van der Waals surface area contributed by atoms with Crippen LogP contribution in [0.3, 0.4) is 0 Å². The highest BCUT2D eigenvalue weighted by molar-refractivity contribution is 14.0. The number of guanidine groups is 1. The van der Waals surface area contributed by atoms with Gasteiger partial charge in [-0.1, -0.05) is 22.0 Å². The van der Waals surface area contributed by atoms with Crippen molar-refractivity contribution in [2.45, 2.75) is 13.0 Å². The number of methoxy groups -OCH3 is 1. The maximum Gasteiger partial charge on any atom is 0.191 e. The van der Waals surface area contributed by atoms with Gasteiger partial charge in [-0.2, -0.15) is 0 Å². The van der Waals surface area contributed by atoms with E-state index in [-0.39, 0.29) is 29.8 Å². The first-order chi connectivity index (χ1) is 10.7. The summed E-state index contributed by atoms with van der Waals surface area (Å²) in [6.45, 7) is 2.98. The van der Waals surface area contributed by atoms with E-state index in [1.54, 1.807) is 20.2 Å². The number of hydrogen-bond acceptors (Lipinski definition) is 3. The van der Waals surface area contributed by atoms with Gasteiger partial charge in [0.05, 0.1) is 13.2 Å². The van der Waals surface area contributed by atoms with Crippen molar-refractivity contribution in [2.24, 2.45) is 4.99 Å². The zero-order chi connectivity index (χ0) is 16.2. The number of nitrogens with one attached hydrogen (secondary N) is 2. The van der Waals surface area contributed by atoms with Crippen LogP contribution in [0, 0.1) is 5.82 Å². The average Bonchev–Trinajstić information content (AvgIpc) is 2.51. The van der Waals surface area contributed by atoms with Crippen molar-refractivity contribution in [3.8, 4) is 0 Å². The maximum absolute atomic E-state index is 13.7. The summed E-state index contributed by atoms with van der Waals surface area (Å²) in [5.41, 5.74) is 0.592. The largest absolute Gasteiger partial charge is 0.382 e. The second kappa shape index (κ2) is 13.9. The third kappa shape index (κ3) is 10.1.